The van der Waals surface area contributed by atoms with E-state index in [1.54, 1.807) is 0 Å². The van der Waals surface area contributed by atoms with Crippen LogP contribution in [0.15, 0.2) is 0 Å². The molecule has 0 fully saturated rings. The van der Waals surface area contributed by atoms with E-state index in [9.17, 15) is 34.3 Å². The van der Waals surface area contributed by atoms with Gasteiger partial charge >= 0.3 is 96.3 Å². The van der Waals surface area contributed by atoms with Crippen LogP contribution in [0.25, 0.3) is 0 Å². The normalized spacial score (nSPS) is 10.5. The van der Waals surface area contributed by atoms with Crippen LogP contribution in [0, 0.1) is 5.41 Å². The Morgan fingerprint density at radius 3 is 1.35 bits per heavy atom. The quantitative estimate of drug-likeness (QED) is 0.276. The average Bonchev–Trinajstić information content (AvgIpc) is 2.10. The molecule has 0 aliphatic heterocycles. The number of carboxylic acid groups (broad SMARTS) is 3. The third-order valence-corrected chi connectivity index (χ3v) is 3.61. The van der Waals surface area contributed by atoms with Crippen LogP contribution in [0.5, 0.6) is 0 Å². The number of aliphatic carboxylic acids is 3. The van der Waals surface area contributed by atoms with E-state index in [-0.39, 0.29) is 102 Å². The summed E-state index contributed by atoms with van der Waals surface area (Å²) in [6.45, 7) is 0. The molecule has 0 aromatic carbocycles. The predicted molar refractivity (Wildman–Crippen MR) is 57.5 cm³/mol. The van der Waals surface area contributed by atoms with E-state index >= 15 is 0 Å². The minimum Gasteiger partial charge on any atom is -0.550 e. The number of carboxylic acids is 3. The number of hydrogen-bond donors (Lipinski definition) is 2. The Kier molecular flexibility index (Phi) is 20.6. The number of hydrogen-bond acceptors (Lipinski definition) is 7. The van der Waals surface area contributed by atoms with Crippen LogP contribution in [0.1, 0.15) is 32.1 Å². The van der Waals surface area contributed by atoms with Crippen molar-refractivity contribution in [2.24, 2.45) is 5.41 Å². The van der Waals surface area contributed by atoms with Gasteiger partial charge in [0.25, 0.3) is 0 Å². The molecule has 0 heterocycles. The van der Waals surface area contributed by atoms with Gasteiger partial charge < -0.3 is 39.5 Å². The fourth-order valence-corrected chi connectivity index (χ4v) is 2.60. The molecule has 0 bridgehead atoms. The van der Waals surface area contributed by atoms with Crippen LogP contribution < -0.4 is 104 Å². The zero-order chi connectivity index (χ0) is 16.0. The molecule has 0 saturated carbocycles. The topological polar surface area (TPSA) is 178 Å². The van der Waals surface area contributed by atoms with Crippen molar-refractivity contribution in [1.29, 1.82) is 0 Å². The maximum Gasteiger partial charge on any atom is 1.00 e. The van der Waals surface area contributed by atoms with Crippen LogP contribution in [-0.4, -0.2) is 33.9 Å². The fraction of sp³-hybridized carbons (Fsp3) is 0.700. The van der Waals surface area contributed by atoms with Gasteiger partial charge in [-0.25, -0.2) is 0 Å². The first-order valence-electron chi connectivity index (χ1n) is 5.60. The van der Waals surface area contributed by atoms with Crippen LogP contribution in [0.2, 0.25) is 0 Å². The second kappa shape index (κ2) is 14.7. The fourth-order valence-electron chi connectivity index (χ4n) is 2.03. The monoisotopic (exact) mass is 378 g/mol. The number of carbonyl (C=O) groups is 3. The van der Waals surface area contributed by atoms with Gasteiger partial charge in [-0.2, -0.15) is 0 Å². The summed E-state index contributed by atoms with van der Waals surface area (Å²) in [7, 11) is -4.34. The van der Waals surface area contributed by atoms with Crippen molar-refractivity contribution in [2.75, 3.05) is 6.16 Å². The van der Waals surface area contributed by atoms with E-state index in [4.69, 9.17) is 9.79 Å². The minimum absolute atomic E-state index is 0. The van der Waals surface area contributed by atoms with Crippen LogP contribution >= 0.6 is 7.60 Å². The molecule has 0 amide bonds. The maximum atomic E-state index is 10.7. The van der Waals surface area contributed by atoms with E-state index in [2.05, 4.69) is 0 Å². The molecule has 0 atom stereocenters. The van der Waals surface area contributed by atoms with Gasteiger partial charge in [0.1, 0.15) is 0 Å². The zero-order valence-corrected chi connectivity index (χ0v) is 20.3. The van der Waals surface area contributed by atoms with Crippen LogP contribution in [-0.2, 0) is 18.9 Å². The van der Waals surface area contributed by atoms with E-state index in [0.717, 1.165) is 0 Å². The molecule has 13 heteroatoms. The Morgan fingerprint density at radius 1 is 0.826 bits per heavy atom. The summed E-state index contributed by atoms with van der Waals surface area (Å²) in [6.07, 6.45) is -3.81. The molecular formula is C10H14Na3O9P. The first-order chi connectivity index (χ1) is 8.96. The Bertz CT molecular complexity index is 396. The Morgan fingerprint density at radius 2 is 1.13 bits per heavy atom. The van der Waals surface area contributed by atoms with Crippen molar-refractivity contribution in [3.63, 3.8) is 0 Å². The first-order valence-corrected chi connectivity index (χ1v) is 7.40. The predicted octanol–water partition coefficient (Wildman–Crippen LogP) is -12.6. The molecule has 0 spiro atoms. The first kappa shape index (κ1) is 32.3. The smallest absolute Gasteiger partial charge is 0.550 e. The van der Waals surface area contributed by atoms with Gasteiger partial charge in [-0.15, -0.1) is 0 Å². The zero-order valence-electron chi connectivity index (χ0n) is 13.4. The molecule has 2 N–H and O–H groups in total. The summed E-state index contributed by atoms with van der Waals surface area (Å²) in [5, 5.41) is 31.9. The van der Waals surface area contributed by atoms with E-state index in [0.29, 0.717) is 0 Å². The SMILES string of the molecule is O=C([O-])CC(CCCP(=O)(O)O)(CC(=O)[O-])CC(=O)[O-].[Na+].[Na+].[Na+]. The second-order valence-electron chi connectivity index (χ2n) is 4.64. The molecular weight excluding hydrogens is 364 g/mol. The Labute approximate surface area is 199 Å². The van der Waals surface area contributed by atoms with Crippen molar-refractivity contribution in [1.82, 2.24) is 0 Å². The Balaban J connectivity index is -0.000000602. The van der Waals surface area contributed by atoms with Crippen molar-refractivity contribution >= 4 is 25.5 Å². The molecule has 9 nitrogen and oxygen atoms in total. The molecule has 0 aromatic rings. The third-order valence-electron chi connectivity index (χ3n) is 2.71. The molecule has 23 heavy (non-hydrogen) atoms. The van der Waals surface area contributed by atoms with Crippen molar-refractivity contribution in [3.05, 3.63) is 0 Å². The minimum atomic E-state index is -4.34. The molecule has 0 saturated heterocycles. The van der Waals surface area contributed by atoms with Gasteiger partial charge in [-0.05, 0) is 37.5 Å². The van der Waals surface area contributed by atoms with Crippen LogP contribution in [0.4, 0.5) is 0 Å². The summed E-state index contributed by atoms with van der Waals surface area (Å²) >= 11 is 0. The molecule has 0 aliphatic carbocycles. The van der Waals surface area contributed by atoms with Crippen molar-refractivity contribution in [2.45, 2.75) is 32.1 Å². The van der Waals surface area contributed by atoms with Crippen LogP contribution in [0.3, 0.4) is 0 Å². The number of carbonyl (C=O) groups excluding carboxylic acids is 3. The summed E-state index contributed by atoms with van der Waals surface area (Å²) < 4.78 is 10.7. The molecule has 0 unspecified atom stereocenters. The molecule has 0 aromatic heterocycles. The largest absolute Gasteiger partial charge is 1.00 e. The van der Waals surface area contributed by atoms with E-state index in [1.807, 2.05) is 0 Å². The summed E-state index contributed by atoms with van der Waals surface area (Å²) in [5.41, 5.74) is -1.74. The van der Waals surface area contributed by atoms with Gasteiger partial charge in [0.2, 0.25) is 0 Å². The second-order valence-corrected chi connectivity index (χ2v) is 6.41. The van der Waals surface area contributed by atoms with Gasteiger partial charge in [0.05, 0.1) is 0 Å². The van der Waals surface area contributed by atoms with Gasteiger partial charge in [-0.3, -0.25) is 4.57 Å². The number of rotatable bonds is 10. The maximum absolute atomic E-state index is 10.7. The van der Waals surface area contributed by atoms with Gasteiger partial charge in [0, 0.05) is 24.1 Å². The molecule has 0 radical (unpaired) electrons. The Hall–Kier alpha value is 1.56. The summed E-state index contributed by atoms with van der Waals surface area (Å²) in [6, 6.07) is 0. The molecule has 0 aliphatic rings. The third kappa shape index (κ3) is 18.2. The summed E-state index contributed by atoms with van der Waals surface area (Å²) in [5.74, 6) is -4.99. The molecule has 0 rings (SSSR count). The average molecular weight is 378 g/mol. The summed E-state index contributed by atoms with van der Waals surface area (Å²) in [4.78, 5) is 49.3. The van der Waals surface area contributed by atoms with E-state index < -0.39 is 56.3 Å². The van der Waals surface area contributed by atoms with Gasteiger partial charge in [-0.1, -0.05) is 0 Å². The van der Waals surface area contributed by atoms with E-state index in [1.165, 1.54) is 0 Å². The molecule has 116 valence electrons. The van der Waals surface area contributed by atoms with Gasteiger partial charge in [0.15, 0.2) is 0 Å². The van der Waals surface area contributed by atoms with Crippen molar-refractivity contribution < 1.29 is 133 Å². The van der Waals surface area contributed by atoms with Crippen molar-refractivity contribution in [3.8, 4) is 0 Å². The standard InChI is InChI=1S/C10H17O9P.3Na/c11-7(12)4-10(5-8(13)14,6-9(15)16)2-1-3-20(17,18)19;;;/h1-6H2,(H,11,12)(H,13,14)(H,15,16)(H2,17,18,19);;;/q;3*+1/p-3.